The van der Waals surface area contributed by atoms with Gasteiger partial charge in [-0.05, 0) is 18.8 Å². The number of benzene rings is 1. The lowest BCUT2D eigenvalue weighted by atomic mass is 9.85. The molecule has 2 fully saturated rings. The highest BCUT2D eigenvalue weighted by Gasteiger charge is 2.45. The quantitative estimate of drug-likeness (QED) is 0.781. The third kappa shape index (κ3) is 3.11. The summed E-state index contributed by atoms with van der Waals surface area (Å²) in [5.74, 6) is -0.0581. The van der Waals surface area contributed by atoms with E-state index in [1.54, 1.807) is 0 Å². The number of carbonyl (C=O) groups excluding carboxylic acids is 1. The van der Waals surface area contributed by atoms with Crippen LogP contribution < -0.4 is 0 Å². The largest absolute Gasteiger partial charge is 0.347 e. The molecule has 3 heteroatoms. The van der Waals surface area contributed by atoms with Gasteiger partial charge >= 0.3 is 0 Å². The van der Waals surface area contributed by atoms with Crippen LogP contribution in [0.5, 0.6) is 0 Å². The van der Waals surface area contributed by atoms with Crippen molar-refractivity contribution in [3.8, 4) is 0 Å². The highest BCUT2D eigenvalue weighted by Crippen LogP contribution is 2.40. The lowest BCUT2D eigenvalue weighted by Gasteiger charge is -2.33. The molecule has 1 spiro atoms. The zero-order chi connectivity index (χ0) is 15.6. The zero-order valence-electron chi connectivity index (χ0n) is 13.6. The van der Waals surface area contributed by atoms with Crippen LogP contribution in [0.3, 0.4) is 0 Å². The predicted molar refractivity (Wildman–Crippen MR) is 85.7 cm³/mol. The topological polar surface area (TPSA) is 35.5 Å². The fourth-order valence-electron chi connectivity index (χ4n) is 3.62. The van der Waals surface area contributed by atoms with Gasteiger partial charge in [-0.2, -0.15) is 0 Å². The van der Waals surface area contributed by atoms with Crippen molar-refractivity contribution in [3.63, 3.8) is 0 Å². The molecule has 1 aliphatic carbocycles. The zero-order valence-corrected chi connectivity index (χ0v) is 13.6. The third-order valence-corrected chi connectivity index (χ3v) is 5.34. The molecule has 1 aliphatic heterocycles. The first-order valence-corrected chi connectivity index (χ1v) is 8.52. The summed E-state index contributed by atoms with van der Waals surface area (Å²) in [4.78, 5) is 12.6. The highest BCUT2D eigenvalue weighted by atomic mass is 16.7. The number of carbonyl (C=O) groups is 1. The molecule has 3 rings (SSSR count). The van der Waals surface area contributed by atoms with Crippen molar-refractivity contribution in [2.75, 3.05) is 6.61 Å². The van der Waals surface area contributed by atoms with E-state index in [0.29, 0.717) is 6.61 Å². The molecule has 0 radical (unpaired) electrons. The lowest BCUT2D eigenvalue weighted by Crippen LogP contribution is -2.36. The van der Waals surface area contributed by atoms with Gasteiger partial charge in [0.15, 0.2) is 11.6 Å². The summed E-state index contributed by atoms with van der Waals surface area (Å²) in [5, 5.41) is 0. The number of ether oxygens (including phenoxy) is 2. The minimum atomic E-state index is -0.354. The van der Waals surface area contributed by atoms with Crippen molar-refractivity contribution >= 4 is 5.78 Å². The number of ketones is 1. The monoisotopic (exact) mass is 302 g/mol. The van der Waals surface area contributed by atoms with Crippen LogP contribution >= 0.6 is 0 Å². The first-order chi connectivity index (χ1) is 10.6. The Morgan fingerprint density at radius 1 is 1.14 bits per heavy atom. The van der Waals surface area contributed by atoms with Crippen molar-refractivity contribution < 1.29 is 14.3 Å². The van der Waals surface area contributed by atoms with Crippen molar-refractivity contribution in [2.45, 2.75) is 57.8 Å². The molecule has 1 heterocycles. The molecule has 3 atom stereocenters. The standard InChI is InChI=1S/C19H26O3/c1-14(15(2)18(20)16-9-5-3-6-10-16)17-13-21-19(22-17)11-7-4-8-12-19/h3,5-6,9-10,14-15,17H,4,7-8,11-13H2,1-2H3. The van der Waals surface area contributed by atoms with Crippen molar-refractivity contribution in [3.05, 3.63) is 35.9 Å². The Labute approximate surface area is 133 Å². The molecule has 0 N–H and O–H groups in total. The molecule has 3 nitrogen and oxygen atoms in total. The van der Waals surface area contributed by atoms with E-state index in [4.69, 9.17) is 9.47 Å². The molecule has 22 heavy (non-hydrogen) atoms. The summed E-state index contributed by atoms with van der Waals surface area (Å²) in [7, 11) is 0. The Morgan fingerprint density at radius 2 is 1.82 bits per heavy atom. The average Bonchev–Trinajstić information content (AvgIpc) is 2.97. The summed E-state index contributed by atoms with van der Waals surface area (Å²) in [5.41, 5.74) is 0.785. The van der Waals surface area contributed by atoms with Crippen LogP contribution in [-0.4, -0.2) is 24.3 Å². The third-order valence-electron chi connectivity index (χ3n) is 5.34. The molecular weight excluding hydrogens is 276 g/mol. The van der Waals surface area contributed by atoms with Gasteiger partial charge in [-0.3, -0.25) is 4.79 Å². The summed E-state index contributed by atoms with van der Waals surface area (Å²) in [6.07, 6.45) is 5.66. The summed E-state index contributed by atoms with van der Waals surface area (Å²) >= 11 is 0. The van der Waals surface area contributed by atoms with Crippen LogP contribution in [0.2, 0.25) is 0 Å². The second kappa shape index (κ2) is 6.51. The van der Waals surface area contributed by atoms with Gasteiger partial charge in [0.1, 0.15) is 0 Å². The van der Waals surface area contributed by atoms with E-state index >= 15 is 0 Å². The van der Waals surface area contributed by atoms with Gasteiger partial charge in [0, 0.05) is 24.3 Å². The molecule has 2 aliphatic rings. The van der Waals surface area contributed by atoms with Gasteiger partial charge in [-0.15, -0.1) is 0 Å². The summed E-state index contributed by atoms with van der Waals surface area (Å²) in [6.45, 7) is 4.74. The normalized spacial score (nSPS) is 26.7. The van der Waals surface area contributed by atoms with Gasteiger partial charge < -0.3 is 9.47 Å². The van der Waals surface area contributed by atoms with Gasteiger partial charge in [0.05, 0.1) is 12.7 Å². The van der Waals surface area contributed by atoms with Crippen LogP contribution in [0.15, 0.2) is 30.3 Å². The molecule has 0 aromatic heterocycles. The molecular formula is C19H26O3. The Balaban J connectivity index is 1.64. The van der Waals surface area contributed by atoms with Crippen LogP contribution in [0.25, 0.3) is 0 Å². The van der Waals surface area contributed by atoms with Crippen LogP contribution in [0.1, 0.15) is 56.3 Å². The first kappa shape index (κ1) is 15.7. The maximum absolute atomic E-state index is 12.6. The Hall–Kier alpha value is -1.19. The molecule has 1 aromatic rings. The Bertz CT molecular complexity index is 505. The van der Waals surface area contributed by atoms with E-state index in [-0.39, 0.29) is 29.5 Å². The van der Waals surface area contributed by atoms with E-state index in [1.807, 2.05) is 37.3 Å². The fraction of sp³-hybridized carbons (Fsp3) is 0.632. The van der Waals surface area contributed by atoms with Crippen molar-refractivity contribution in [2.24, 2.45) is 11.8 Å². The predicted octanol–water partition coefficient (Wildman–Crippen LogP) is 4.22. The highest BCUT2D eigenvalue weighted by molar-refractivity contribution is 5.97. The molecule has 1 aromatic carbocycles. The fourth-order valence-corrected chi connectivity index (χ4v) is 3.62. The van der Waals surface area contributed by atoms with Crippen molar-refractivity contribution in [1.82, 2.24) is 0 Å². The van der Waals surface area contributed by atoms with Gasteiger partial charge in [-0.25, -0.2) is 0 Å². The maximum Gasteiger partial charge on any atom is 0.168 e. The van der Waals surface area contributed by atoms with E-state index in [0.717, 1.165) is 18.4 Å². The minimum Gasteiger partial charge on any atom is -0.347 e. The smallest absolute Gasteiger partial charge is 0.168 e. The summed E-state index contributed by atoms with van der Waals surface area (Å²) < 4.78 is 12.3. The van der Waals surface area contributed by atoms with E-state index < -0.39 is 0 Å². The van der Waals surface area contributed by atoms with Crippen LogP contribution in [-0.2, 0) is 9.47 Å². The number of Topliss-reactive ketones (excluding diaryl/α,β-unsaturated/α-hetero) is 1. The maximum atomic E-state index is 12.6. The van der Waals surface area contributed by atoms with Gasteiger partial charge in [-0.1, -0.05) is 50.6 Å². The molecule has 0 amide bonds. The average molecular weight is 302 g/mol. The lowest BCUT2D eigenvalue weighted by molar-refractivity contribution is -0.192. The summed E-state index contributed by atoms with van der Waals surface area (Å²) in [6, 6.07) is 9.54. The second-order valence-corrected chi connectivity index (χ2v) is 6.82. The van der Waals surface area contributed by atoms with Crippen LogP contribution in [0.4, 0.5) is 0 Å². The molecule has 1 saturated carbocycles. The Kier molecular flexibility index (Phi) is 4.65. The number of hydrogen-bond acceptors (Lipinski definition) is 3. The van der Waals surface area contributed by atoms with E-state index in [9.17, 15) is 4.79 Å². The van der Waals surface area contributed by atoms with Gasteiger partial charge in [0.2, 0.25) is 0 Å². The second-order valence-electron chi connectivity index (χ2n) is 6.82. The van der Waals surface area contributed by atoms with Crippen molar-refractivity contribution in [1.29, 1.82) is 0 Å². The molecule has 120 valence electrons. The minimum absolute atomic E-state index is 0.0285. The van der Waals surface area contributed by atoms with Crippen LogP contribution in [0, 0.1) is 11.8 Å². The number of hydrogen-bond donors (Lipinski definition) is 0. The number of rotatable bonds is 4. The molecule has 1 saturated heterocycles. The SMILES string of the molecule is CC(C(=O)c1ccccc1)C(C)C1COC2(CCCCC2)O1. The molecule has 3 unspecified atom stereocenters. The Morgan fingerprint density at radius 3 is 2.50 bits per heavy atom. The van der Waals surface area contributed by atoms with Gasteiger partial charge in [0.25, 0.3) is 0 Å². The van der Waals surface area contributed by atoms with E-state index in [2.05, 4.69) is 6.92 Å². The first-order valence-electron chi connectivity index (χ1n) is 8.52. The molecule has 0 bridgehead atoms. The van der Waals surface area contributed by atoms with E-state index in [1.165, 1.54) is 19.3 Å².